The Morgan fingerprint density at radius 2 is 1.42 bits per heavy atom. The van der Waals surface area contributed by atoms with E-state index < -0.39 is 5.60 Å². The average Bonchev–Trinajstić information content (AvgIpc) is 3.38. The third kappa shape index (κ3) is 3.99. The van der Waals surface area contributed by atoms with Gasteiger partial charge in [0.2, 0.25) is 0 Å². The lowest BCUT2D eigenvalue weighted by atomic mass is 9.66. The zero-order valence-electron chi connectivity index (χ0n) is 26.0. The average molecular weight is 590 g/mol. The Balaban J connectivity index is 1.28. The SMILES string of the molecule is Cc1ccc2c(c1)C1(CCCCC1)c1c3c(c4ccccc4c1-2)OC(c1ccccc1)(c1ccc(N2CCOCC2)cc1)C=C3. The largest absolute Gasteiger partial charge is 0.472 e. The van der Waals surface area contributed by atoms with Crippen LogP contribution in [0.15, 0.2) is 103 Å². The van der Waals surface area contributed by atoms with Crippen LogP contribution in [-0.2, 0) is 15.8 Å². The van der Waals surface area contributed by atoms with Crippen molar-refractivity contribution in [2.24, 2.45) is 0 Å². The molecular weight excluding hydrogens is 550 g/mol. The Kier molecular flexibility index (Phi) is 6.22. The third-order valence-corrected chi connectivity index (χ3v) is 11.0. The van der Waals surface area contributed by atoms with Crippen molar-refractivity contribution in [3.05, 3.63) is 137 Å². The van der Waals surface area contributed by atoms with Gasteiger partial charge in [-0.05, 0) is 65.6 Å². The molecule has 2 aliphatic heterocycles. The first kappa shape index (κ1) is 27.0. The van der Waals surface area contributed by atoms with Crippen LogP contribution in [0.4, 0.5) is 5.69 Å². The lowest BCUT2D eigenvalue weighted by Crippen LogP contribution is -2.37. The molecule has 0 N–H and O–H groups in total. The molecule has 1 spiro atoms. The van der Waals surface area contributed by atoms with E-state index in [9.17, 15) is 0 Å². The summed E-state index contributed by atoms with van der Waals surface area (Å²) < 4.78 is 13.2. The van der Waals surface area contributed by atoms with Gasteiger partial charge < -0.3 is 14.4 Å². The first-order chi connectivity index (χ1) is 22.2. The number of nitrogens with zero attached hydrogens (tertiary/aromatic N) is 1. The van der Waals surface area contributed by atoms with E-state index in [2.05, 4.69) is 121 Å². The molecule has 2 aliphatic carbocycles. The van der Waals surface area contributed by atoms with Crippen LogP contribution in [0.3, 0.4) is 0 Å². The van der Waals surface area contributed by atoms with E-state index in [1.807, 2.05) is 0 Å². The molecule has 2 heterocycles. The number of morpholine rings is 1. The van der Waals surface area contributed by atoms with Gasteiger partial charge in [0.25, 0.3) is 0 Å². The highest BCUT2D eigenvalue weighted by molar-refractivity contribution is 6.08. The maximum Gasteiger partial charge on any atom is 0.178 e. The second-order valence-electron chi connectivity index (χ2n) is 13.4. The van der Waals surface area contributed by atoms with Gasteiger partial charge in [0.1, 0.15) is 5.75 Å². The Bertz CT molecular complexity index is 1950. The van der Waals surface area contributed by atoms with Gasteiger partial charge in [-0.25, -0.2) is 0 Å². The van der Waals surface area contributed by atoms with Gasteiger partial charge in [-0.2, -0.15) is 0 Å². The Morgan fingerprint density at radius 3 is 2.20 bits per heavy atom. The lowest BCUT2D eigenvalue weighted by molar-refractivity contribution is 0.122. The van der Waals surface area contributed by atoms with Gasteiger partial charge in [-0.1, -0.05) is 116 Å². The smallest absolute Gasteiger partial charge is 0.178 e. The molecule has 1 saturated carbocycles. The number of anilines is 1. The molecule has 224 valence electrons. The van der Waals surface area contributed by atoms with Gasteiger partial charge in [-0.15, -0.1) is 0 Å². The summed E-state index contributed by atoms with van der Waals surface area (Å²) >= 11 is 0. The highest BCUT2D eigenvalue weighted by Crippen LogP contribution is 2.62. The second kappa shape index (κ2) is 10.4. The molecule has 3 nitrogen and oxygen atoms in total. The molecule has 45 heavy (non-hydrogen) atoms. The number of fused-ring (bicyclic) bond motifs is 10. The summed E-state index contributed by atoms with van der Waals surface area (Å²) in [5.74, 6) is 1.02. The number of aryl methyl sites for hydroxylation is 1. The molecule has 1 saturated heterocycles. The first-order valence-corrected chi connectivity index (χ1v) is 16.8. The van der Waals surface area contributed by atoms with Crippen molar-refractivity contribution in [2.45, 2.75) is 50.0 Å². The van der Waals surface area contributed by atoms with E-state index >= 15 is 0 Å². The van der Waals surface area contributed by atoms with Gasteiger partial charge >= 0.3 is 0 Å². The summed E-state index contributed by atoms with van der Waals surface area (Å²) in [4.78, 5) is 2.41. The first-order valence-electron chi connectivity index (χ1n) is 16.8. The minimum absolute atomic E-state index is 0.0311. The van der Waals surface area contributed by atoms with Crippen LogP contribution in [0.2, 0.25) is 0 Å². The Hall–Kier alpha value is -4.34. The summed E-state index contributed by atoms with van der Waals surface area (Å²) in [5.41, 5.74) is 11.3. The molecule has 0 bridgehead atoms. The fourth-order valence-electron chi connectivity index (χ4n) is 8.85. The summed E-state index contributed by atoms with van der Waals surface area (Å²) in [6.45, 7) is 5.65. The zero-order valence-corrected chi connectivity index (χ0v) is 26.0. The normalized spacial score (nSPS) is 21.3. The fraction of sp³-hybridized carbons (Fsp3) is 0.286. The van der Waals surface area contributed by atoms with Crippen molar-refractivity contribution in [3.8, 4) is 16.9 Å². The predicted molar refractivity (Wildman–Crippen MR) is 184 cm³/mol. The van der Waals surface area contributed by atoms with E-state index in [-0.39, 0.29) is 5.41 Å². The summed E-state index contributed by atoms with van der Waals surface area (Å²) in [6, 6.07) is 35.9. The topological polar surface area (TPSA) is 21.7 Å². The van der Waals surface area contributed by atoms with E-state index in [4.69, 9.17) is 9.47 Å². The minimum Gasteiger partial charge on any atom is -0.472 e. The molecule has 0 aromatic heterocycles. The van der Waals surface area contributed by atoms with Crippen LogP contribution in [-0.4, -0.2) is 26.3 Å². The Morgan fingerprint density at radius 1 is 0.711 bits per heavy atom. The van der Waals surface area contributed by atoms with Crippen molar-refractivity contribution in [2.75, 3.05) is 31.2 Å². The molecule has 1 unspecified atom stereocenters. The molecule has 5 aromatic carbocycles. The van der Waals surface area contributed by atoms with Crippen LogP contribution in [0.25, 0.3) is 28.0 Å². The van der Waals surface area contributed by atoms with E-state index in [1.54, 1.807) is 0 Å². The maximum atomic E-state index is 7.55. The van der Waals surface area contributed by atoms with Crippen LogP contribution >= 0.6 is 0 Å². The molecule has 0 amide bonds. The molecule has 9 rings (SSSR count). The quantitative estimate of drug-likeness (QED) is 0.209. The van der Waals surface area contributed by atoms with Gasteiger partial charge in [0.05, 0.1) is 13.2 Å². The zero-order chi connectivity index (χ0) is 30.0. The number of benzene rings is 5. The van der Waals surface area contributed by atoms with Gasteiger partial charge in [0.15, 0.2) is 5.60 Å². The molecule has 4 aliphatic rings. The van der Waals surface area contributed by atoms with E-state index in [0.717, 1.165) is 43.2 Å². The van der Waals surface area contributed by atoms with Crippen molar-refractivity contribution in [3.63, 3.8) is 0 Å². The van der Waals surface area contributed by atoms with Crippen molar-refractivity contribution in [1.82, 2.24) is 0 Å². The lowest BCUT2D eigenvalue weighted by Gasteiger charge is -2.41. The number of ether oxygens (including phenoxy) is 2. The molecule has 1 atom stereocenters. The van der Waals surface area contributed by atoms with E-state index in [0.29, 0.717) is 0 Å². The van der Waals surface area contributed by atoms with Crippen molar-refractivity contribution < 1.29 is 9.47 Å². The van der Waals surface area contributed by atoms with Crippen LogP contribution < -0.4 is 9.64 Å². The van der Waals surface area contributed by atoms with Crippen LogP contribution in [0, 0.1) is 6.92 Å². The summed E-state index contributed by atoms with van der Waals surface area (Å²) in [7, 11) is 0. The second-order valence-corrected chi connectivity index (χ2v) is 13.4. The van der Waals surface area contributed by atoms with Crippen LogP contribution in [0.5, 0.6) is 5.75 Å². The molecule has 0 radical (unpaired) electrons. The monoisotopic (exact) mass is 589 g/mol. The number of hydrogen-bond donors (Lipinski definition) is 0. The predicted octanol–water partition coefficient (Wildman–Crippen LogP) is 9.56. The molecule has 2 fully saturated rings. The van der Waals surface area contributed by atoms with Crippen LogP contribution in [0.1, 0.15) is 65.5 Å². The fourth-order valence-corrected chi connectivity index (χ4v) is 8.85. The molecular formula is C42H39NO2. The van der Waals surface area contributed by atoms with Crippen molar-refractivity contribution >= 4 is 22.5 Å². The van der Waals surface area contributed by atoms with Gasteiger partial charge in [-0.3, -0.25) is 0 Å². The summed E-state index contributed by atoms with van der Waals surface area (Å²) in [6.07, 6.45) is 11.0. The molecule has 5 aromatic rings. The number of rotatable bonds is 3. The molecule has 3 heteroatoms. The highest BCUT2D eigenvalue weighted by Gasteiger charge is 2.48. The van der Waals surface area contributed by atoms with E-state index in [1.165, 1.54) is 81.9 Å². The van der Waals surface area contributed by atoms with Gasteiger partial charge in [0, 0.05) is 46.3 Å². The number of hydrogen-bond acceptors (Lipinski definition) is 3. The highest BCUT2D eigenvalue weighted by atomic mass is 16.5. The van der Waals surface area contributed by atoms with Crippen molar-refractivity contribution in [1.29, 1.82) is 0 Å². The third-order valence-electron chi connectivity index (χ3n) is 11.0. The maximum absolute atomic E-state index is 7.55. The standard InChI is InChI=1S/C42H39NO2/c1-29-14-19-35-37(28-29)41(21-8-3-9-22-41)39-36-20-23-42(30-10-4-2-5-11-30,45-40(36)34-13-7-6-12-33(34)38(35)39)31-15-17-32(18-16-31)43-24-26-44-27-25-43/h2,4-7,10-20,23,28H,3,8-9,21-22,24-27H2,1H3. The minimum atomic E-state index is -0.740. The Labute approximate surface area is 266 Å². The summed E-state index contributed by atoms with van der Waals surface area (Å²) in [5, 5.41) is 2.50.